The van der Waals surface area contributed by atoms with Crippen LogP contribution in [0.15, 0.2) is 0 Å². The van der Waals surface area contributed by atoms with Gasteiger partial charge in [-0.05, 0) is 51.6 Å². The Hall–Kier alpha value is -0.120. The summed E-state index contributed by atoms with van der Waals surface area (Å²) in [5.74, 6) is 0.901. The zero-order valence-corrected chi connectivity index (χ0v) is 12.9. The van der Waals surface area contributed by atoms with Crippen molar-refractivity contribution in [2.24, 2.45) is 5.92 Å². The van der Waals surface area contributed by atoms with Crippen LogP contribution >= 0.6 is 0 Å². The van der Waals surface area contributed by atoms with Crippen LogP contribution in [0.2, 0.25) is 0 Å². The Balaban J connectivity index is 1.76. The maximum Gasteiger partial charge on any atom is 0.0702 e. The fourth-order valence-corrected chi connectivity index (χ4v) is 3.62. The van der Waals surface area contributed by atoms with Gasteiger partial charge in [0, 0.05) is 25.7 Å². The van der Waals surface area contributed by atoms with Gasteiger partial charge in [0.05, 0.1) is 6.10 Å². The first-order valence-corrected chi connectivity index (χ1v) is 8.33. The molecule has 19 heavy (non-hydrogen) atoms. The van der Waals surface area contributed by atoms with Crippen LogP contribution < -0.4 is 5.32 Å². The molecule has 0 radical (unpaired) electrons. The molecular weight excluding hydrogens is 236 g/mol. The summed E-state index contributed by atoms with van der Waals surface area (Å²) in [4.78, 5) is 2.49. The third kappa shape index (κ3) is 5.05. The third-order valence-corrected chi connectivity index (χ3v) is 4.67. The monoisotopic (exact) mass is 268 g/mol. The third-order valence-electron chi connectivity index (χ3n) is 4.67. The van der Waals surface area contributed by atoms with Crippen LogP contribution in [-0.2, 0) is 4.74 Å². The summed E-state index contributed by atoms with van der Waals surface area (Å²) in [7, 11) is 2.26. The van der Waals surface area contributed by atoms with E-state index in [1.807, 2.05) is 0 Å². The molecule has 0 aromatic rings. The number of hydrogen-bond donors (Lipinski definition) is 1. The molecular formula is C16H32N2O. The lowest BCUT2D eigenvalue weighted by atomic mass is 9.97. The molecule has 1 aliphatic carbocycles. The molecule has 0 amide bonds. The molecule has 1 N–H and O–H groups in total. The largest absolute Gasteiger partial charge is 0.377 e. The van der Waals surface area contributed by atoms with E-state index in [9.17, 15) is 0 Å². The first-order valence-electron chi connectivity index (χ1n) is 8.33. The van der Waals surface area contributed by atoms with E-state index >= 15 is 0 Å². The highest BCUT2D eigenvalue weighted by molar-refractivity contribution is 4.83. The van der Waals surface area contributed by atoms with Crippen molar-refractivity contribution in [3.63, 3.8) is 0 Å². The molecule has 0 bridgehead atoms. The maximum absolute atomic E-state index is 5.75. The summed E-state index contributed by atoms with van der Waals surface area (Å²) < 4.78 is 5.75. The fraction of sp³-hybridized carbons (Fsp3) is 1.00. The lowest BCUT2D eigenvalue weighted by molar-refractivity contribution is 0.0758. The Labute approximate surface area is 119 Å². The van der Waals surface area contributed by atoms with Crippen molar-refractivity contribution >= 4 is 0 Å². The number of rotatable bonds is 8. The molecule has 0 aromatic heterocycles. The van der Waals surface area contributed by atoms with E-state index in [1.54, 1.807) is 0 Å². The molecule has 1 aliphatic heterocycles. The normalized spacial score (nSPS) is 26.4. The fourth-order valence-electron chi connectivity index (χ4n) is 3.62. The predicted molar refractivity (Wildman–Crippen MR) is 80.5 cm³/mol. The van der Waals surface area contributed by atoms with Gasteiger partial charge in [-0.15, -0.1) is 0 Å². The second-order valence-corrected chi connectivity index (χ2v) is 6.46. The lowest BCUT2D eigenvalue weighted by Crippen LogP contribution is -2.45. The van der Waals surface area contributed by atoms with Gasteiger partial charge in [-0.2, -0.15) is 0 Å². The van der Waals surface area contributed by atoms with Gasteiger partial charge in [-0.3, -0.25) is 0 Å². The van der Waals surface area contributed by atoms with Gasteiger partial charge >= 0.3 is 0 Å². The molecule has 1 heterocycles. The minimum Gasteiger partial charge on any atom is -0.377 e. The number of nitrogens with one attached hydrogen (secondary N) is 1. The van der Waals surface area contributed by atoms with Gasteiger partial charge in [0.2, 0.25) is 0 Å². The van der Waals surface area contributed by atoms with E-state index in [4.69, 9.17) is 4.74 Å². The Morgan fingerprint density at radius 3 is 2.63 bits per heavy atom. The number of hydrogen-bond acceptors (Lipinski definition) is 3. The Morgan fingerprint density at radius 2 is 2.00 bits per heavy atom. The molecule has 1 saturated carbocycles. The Kier molecular flexibility index (Phi) is 6.62. The van der Waals surface area contributed by atoms with E-state index in [1.165, 1.54) is 51.5 Å². The molecule has 2 fully saturated rings. The average molecular weight is 268 g/mol. The summed E-state index contributed by atoms with van der Waals surface area (Å²) in [5, 5.41) is 3.78. The molecule has 0 spiro atoms. The van der Waals surface area contributed by atoms with Gasteiger partial charge in [0.1, 0.15) is 0 Å². The zero-order valence-electron chi connectivity index (χ0n) is 12.9. The molecule has 2 rings (SSSR count). The van der Waals surface area contributed by atoms with Gasteiger partial charge in [0.15, 0.2) is 0 Å². The van der Waals surface area contributed by atoms with E-state index in [0.717, 1.165) is 25.6 Å². The van der Waals surface area contributed by atoms with Crippen molar-refractivity contribution in [1.29, 1.82) is 0 Å². The van der Waals surface area contributed by atoms with Crippen LogP contribution in [0, 0.1) is 5.92 Å². The number of likely N-dealkylation sites (N-methyl/N-ethyl adjacent to an activating group) is 1. The van der Waals surface area contributed by atoms with Gasteiger partial charge in [-0.1, -0.05) is 19.8 Å². The lowest BCUT2D eigenvalue weighted by Gasteiger charge is -2.30. The van der Waals surface area contributed by atoms with Crippen LogP contribution in [0.4, 0.5) is 0 Å². The number of ether oxygens (including phenoxy) is 1. The van der Waals surface area contributed by atoms with Crippen molar-refractivity contribution in [3.8, 4) is 0 Å². The Morgan fingerprint density at radius 1 is 1.21 bits per heavy atom. The average Bonchev–Trinajstić information content (AvgIpc) is 3.06. The highest BCUT2D eigenvalue weighted by Gasteiger charge is 2.26. The minimum atomic E-state index is 0.486. The molecule has 3 nitrogen and oxygen atoms in total. The summed E-state index contributed by atoms with van der Waals surface area (Å²) in [6.07, 6.45) is 9.94. The predicted octanol–water partition coefficient (Wildman–Crippen LogP) is 2.66. The second-order valence-electron chi connectivity index (χ2n) is 6.46. The van der Waals surface area contributed by atoms with Crippen LogP contribution in [-0.4, -0.2) is 50.3 Å². The summed E-state index contributed by atoms with van der Waals surface area (Å²) >= 11 is 0. The molecule has 112 valence electrons. The van der Waals surface area contributed by atoms with Crippen LogP contribution in [0.1, 0.15) is 51.9 Å². The highest BCUT2D eigenvalue weighted by atomic mass is 16.5. The molecule has 0 aromatic carbocycles. The van der Waals surface area contributed by atoms with Crippen molar-refractivity contribution in [2.45, 2.75) is 64.0 Å². The zero-order chi connectivity index (χ0) is 13.5. The van der Waals surface area contributed by atoms with Crippen molar-refractivity contribution in [2.75, 3.05) is 33.3 Å². The maximum atomic E-state index is 5.75. The van der Waals surface area contributed by atoms with Gasteiger partial charge in [-0.25, -0.2) is 0 Å². The summed E-state index contributed by atoms with van der Waals surface area (Å²) in [6.45, 7) is 6.68. The van der Waals surface area contributed by atoms with E-state index in [-0.39, 0.29) is 0 Å². The molecule has 2 atom stereocenters. The first-order chi connectivity index (χ1) is 9.29. The topological polar surface area (TPSA) is 24.5 Å². The molecule has 2 unspecified atom stereocenters. The highest BCUT2D eigenvalue weighted by Crippen LogP contribution is 2.28. The molecule has 3 heteroatoms. The SMILES string of the molecule is CCCNC(CN(C)CC1CCCO1)C1CCCC1. The summed E-state index contributed by atoms with van der Waals surface area (Å²) in [5.41, 5.74) is 0. The smallest absolute Gasteiger partial charge is 0.0702 e. The van der Waals surface area contributed by atoms with Crippen molar-refractivity contribution in [1.82, 2.24) is 10.2 Å². The van der Waals surface area contributed by atoms with E-state index in [0.29, 0.717) is 12.1 Å². The van der Waals surface area contributed by atoms with Crippen LogP contribution in [0.3, 0.4) is 0 Å². The van der Waals surface area contributed by atoms with E-state index in [2.05, 4.69) is 24.2 Å². The van der Waals surface area contributed by atoms with Crippen LogP contribution in [0.5, 0.6) is 0 Å². The molecule has 2 aliphatic rings. The number of nitrogens with zero attached hydrogens (tertiary/aromatic N) is 1. The van der Waals surface area contributed by atoms with Crippen LogP contribution in [0.25, 0.3) is 0 Å². The second kappa shape index (κ2) is 8.23. The summed E-state index contributed by atoms with van der Waals surface area (Å²) in [6, 6.07) is 0.689. The van der Waals surface area contributed by atoms with Gasteiger partial charge in [0.25, 0.3) is 0 Å². The van der Waals surface area contributed by atoms with E-state index < -0.39 is 0 Å². The quantitative estimate of drug-likeness (QED) is 0.732. The van der Waals surface area contributed by atoms with Crippen molar-refractivity contribution < 1.29 is 4.74 Å². The first kappa shape index (κ1) is 15.3. The van der Waals surface area contributed by atoms with Gasteiger partial charge < -0.3 is 15.0 Å². The van der Waals surface area contributed by atoms with Crippen molar-refractivity contribution in [3.05, 3.63) is 0 Å². The standard InChI is InChI=1S/C16H32N2O/c1-3-10-17-16(14-7-4-5-8-14)13-18(2)12-15-9-6-11-19-15/h14-17H,3-13H2,1-2H3. The Bertz CT molecular complexity index is 235. The minimum absolute atomic E-state index is 0.486. The molecule has 1 saturated heterocycles.